The summed E-state index contributed by atoms with van der Waals surface area (Å²) in [6.45, 7) is 1.22. The topological polar surface area (TPSA) is 15.3 Å². The van der Waals surface area contributed by atoms with Gasteiger partial charge < -0.3 is 10.2 Å². The lowest BCUT2D eigenvalue weighted by molar-refractivity contribution is 0.134. The molecule has 2 saturated heterocycles. The third-order valence-electron chi connectivity index (χ3n) is 3.69. The summed E-state index contributed by atoms with van der Waals surface area (Å²) in [7, 11) is 4.37. The first kappa shape index (κ1) is 8.52. The van der Waals surface area contributed by atoms with Crippen molar-refractivity contribution < 1.29 is 0 Å². The average Bonchev–Trinajstić information content (AvgIpc) is 2.33. The highest BCUT2D eigenvalue weighted by Gasteiger charge is 2.37. The predicted molar refractivity (Wildman–Crippen MR) is 51.2 cm³/mol. The Morgan fingerprint density at radius 3 is 2.33 bits per heavy atom. The molecule has 0 spiro atoms. The average molecular weight is 168 g/mol. The van der Waals surface area contributed by atoms with Crippen molar-refractivity contribution in [2.45, 2.75) is 37.8 Å². The molecule has 12 heavy (non-hydrogen) atoms. The largest absolute Gasteiger partial charge is 0.319 e. The van der Waals surface area contributed by atoms with Crippen LogP contribution in [0.5, 0.6) is 0 Å². The zero-order valence-corrected chi connectivity index (χ0v) is 8.21. The summed E-state index contributed by atoms with van der Waals surface area (Å²) in [5.74, 6) is 0.948. The minimum Gasteiger partial charge on any atom is -0.319 e. The lowest BCUT2D eigenvalue weighted by Gasteiger charge is -2.36. The van der Waals surface area contributed by atoms with Gasteiger partial charge in [-0.25, -0.2) is 0 Å². The van der Waals surface area contributed by atoms with E-state index in [1.54, 1.807) is 0 Å². The fourth-order valence-corrected chi connectivity index (χ4v) is 2.98. The highest BCUT2D eigenvalue weighted by atomic mass is 15.2. The summed E-state index contributed by atoms with van der Waals surface area (Å²) >= 11 is 0. The molecule has 2 rings (SSSR count). The second kappa shape index (κ2) is 3.35. The summed E-state index contributed by atoms with van der Waals surface area (Å²) in [5.41, 5.74) is 0. The summed E-state index contributed by atoms with van der Waals surface area (Å²) in [6.07, 6.45) is 5.74. The van der Waals surface area contributed by atoms with Crippen LogP contribution in [0.3, 0.4) is 0 Å². The number of hydrogen-bond donors (Lipinski definition) is 1. The first-order valence-corrected chi connectivity index (χ1v) is 5.17. The molecule has 70 valence electrons. The van der Waals surface area contributed by atoms with Crippen LogP contribution in [0, 0.1) is 5.92 Å². The molecule has 2 atom stereocenters. The SMILES string of the molecule is CNCC1CC2CCC(C1)N2C. The van der Waals surface area contributed by atoms with E-state index in [-0.39, 0.29) is 0 Å². The molecule has 2 nitrogen and oxygen atoms in total. The summed E-state index contributed by atoms with van der Waals surface area (Å²) in [4.78, 5) is 2.60. The number of nitrogens with one attached hydrogen (secondary N) is 1. The van der Waals surface area contributed by atoms with Crippen LogP contribution in [0.25, 0.3) is 0 Å². The molecule has 0 radical (unpaired) electrons. The number of piperidine rings is 1. The van der Waals surface area contributed by atoms with Gasteiger partial charge in [0.15, 0.2) is 0 Å². The Morgan fingerprint density at radius 1 is 1.25 bits per heavy atom. The molecule has 2 fully saturated rings. The Morgan fingerprint density at radius 2 is 1.83 bits per heavy atom. The summed E-state index contributed by atoms with van der Waals surface area (Å²) < 4.78 is 0. The number of hydrogen-bond acceptors (Lipinski definition) is 2. The van der Waals surface area contributed by atoms with Gasteiger partial charge in [-0.1, -0.05) is 0 Å². The Bertz CT molecular complexity index is 144. The van der Waals surface area contributed by atoms with Crippen molar-refractivity contribution in [3.8, 4) is 0 Å². The fraction of sp³-hybridized carbons (Fsp3) is 1.00. The molecule has 2 heterocycles. The highest BCUT2D eigenvalue weighted by Crippen LogP contribution is 2.36. The molecule has 2 unspecified atom stereocenters. The highest BCUT2D eigenvalue weighted by molar-refractivity contribution is 4.93. The molecular weight excluding hydrogens is 148 g/mol. The van der Waals surface area contributed by atoms with Gasteiger partial charge in [0.2, 0.25) is 0 Å². The molecule has 0 aromatic rings. The zero-order chi connectivity index (χ0) is 8.55. The standard InChI is InChI=1S/C10H20N2/c1-11-7-8-5-9-3-4-10(6-8)12(9)2/h8-11H,3-7H2,1-2H3. The maximum absolute atomic E-state index is 3.30. The molecule has 0 aromatic heterocycles. The van der Waals surface area contributed by atoms with Gasteiger partial charge in [-0.15, -0.1) is 0 Å². The van der Waals surface area contributed by atoms with Crippen molar-refractivity contribution in [1.29, 1.82) is 0 Å². The third kappa shape index (κ3) is 1.38. The maximum Gasteiger partial charge on any atom is 0.00988 e. The van der Waals surface area contributed by atoms with Crippen molar-refractivity contribution in [2.75, 3.05) is 20.6 Å². The van der Waals surface area contributed by atoms with Crippen LogP contribution in [0.15, 0.2) is 0 Å². The van der Waals surface area contributed by atoms with Gasteiger partial charge >= 0.3 is 0 Å². The molecule has 0 aliphatic carbocycles. The summed E-state index contributed by atoms with van der Waals surface area (Å²) in [6, 6.07) is 1.81. The Labute approximate surface area is 75.3 Å². The molecule has 2 heteroatoms. The second-order valence-electron chi connectivity index (χ2n) is 4.45. The van der Waals surface area contributed by atoms with Gasteiger partial charge in [-0.3, -0.25) is 0 Å². The number of fused-ring (bicyclic) bond motifs is 2. The first-order valence-electron chi connectivity index (χ1n) is 5.17. The quantitative estimate of drug-likeness (QED) is 0.663. The fourth-order valence-electron chi connectivity index (χ4n) is 2.98. The maximum atomic E-state index is 3.30. The molecule has 2 aliphatic heterocycles. The number of nitrogens with zero attached hydrogens (tertiary/aromatic N) is 1. The Balaban J connectivity index is 1.93. The van der Waals surface area contributed by atoms with Crippen molar-refractivity contribution in [1.82, 2.24) is 10.2 Å². The van der Waals surface area contributed by atoms with Gasteiger partial charge in [0.05, 0.1) is 0 Å². The molecule has 0 aromatic carbocycles. The lowest BCUT2D eigenvalue weighted by atomic mass is 9.91. The predicted octanol–water partition coefficient (Wildman–Crippen LogP) is 1.08. The molecule has 0 saturated carbocycles. The van der Waals surface area contributed by atoms with E-state index < -0.39 is 0 Å². The van der Waals surface area contributed by atoms with Crippen LogP contribution in [-0.4, -0.2) is 37.6 Å². The van der Waals surface area contributed by atoms with Gasteiger partial charge in [0.25, 0.3) is 0 Å². The van der Waals surface area contributed by atoms with Crippen LogP contribution in [-0.2, 0) is 0 Å². The van der Waals surface area contributed by atoms with Crippen molar-refractivity contribution >= 4 is 0 Å². The first-order chi connectivity index (χ1) is 5.81. The second-order valence-corrected chi connectivity index (χ2v) is 4.45. The van der Waals surface area contributed by atoms with Crippen molar-refractivity contribution in [2.24, 2.45) is 5.92 Å². The minimum absolute atomic E-state index is 0.905. The van der Waals surface area contributed by atoms with E-state index in [4.69, 9.17) is 0 Å². The number of rotatable bonds is 2. The van der Waals surface area contributed by atoms with Gasteiger partial charge in [-0.2, -0.15) is 0 Å². The minimum atomic E-state index is 0.905. The molecular formula is C10H20N2. The van der Waals surface area contributed by atoms with Crippen molar-refractivity contribution in [3.63, 3.8) is 0 Å². The Kier molecular flexibility index (Phi) is 2.37. The van der Waals surface area contributed by atoms with Crippen LogP contribution in [0.2, 0.25) is 0 Å². The summed E-state index contributed by atoms with van der Waals surface area (Å²) in [5, 5.41) is 3.30. The van der Waals surface area contributed by atoms with E-state index in [1.165, 1.54) is 32.2 Å². The van der Waals surface area contributed by atoms with Crippen molar-refractivity contribution in [3.05, 3.63) is 0 Å². The van der Waals surface area contributed by atoms with Gasteiger partial charge in [0.1, 0.15) is 0 Å². The lowest BCUT2D eigenvalue weighted by Crippen LogP contribution is -2.42. The van der Waals surface area contributed by atoms with E-state index in [9.17, 15) is 0 Å². The molecule has 2 bridgehead atoms. The van der Waals surface area contributed by atoms with Gasteiger partial charge in [0, 0.05) is 12.1 Å². The van der Waals surface area contributed by atoms with E-state index in [2.05, 4.69) is 24.3 Å². The van der Waals surface area contributed by atoms with Crippen LogP contribution < -0.4 is 5.32 Å². The molecule has 2 aliphatic rings. The molecule has 1 N–H and O–H groups in total. The smallest absolute Gasteiger partial charge is 0.00988 e. The Hall–Kier alpha value is -0.0800. The van der Waals surface area contributed by atoms with Crippen LogP contribution >= 0.6 is 0 Å². The van der Waals surface area contributed by atoms with E-state index in [0.29, 0.717) is 0 Å². The molecule has 0 amide bonds. The van der Waals surface area contributed by atoms with Gasteiger partial charge in [-0.05, 0) is 52.2 Å². The van der Waals surface area contributed by atoms with E-state index in [1.807, 2.05) is 0 Å². The monoisotopic (exact) mass is 168 g/mol. The zero-order valence-electron chi connectivity index (χ0n) is 8.21. The van der Waals surface area contributed by atoms with E-state index in [0.717, 1.165) is 18.0 Å². The van der Waals surface area contributed by atoms with Crippen LogP contribution in [0.4, 0.5) is 0 Å². The van der Waals surface area contributed by atoms with E-state index >= 15 is 0 Å². The third-order valence-corrected chi connectivity index (χ3v) is 3.69. The normalized spacial score (nSPS) is 42.0. The van der Waals surface area contributed by atoms with Crippen LogP contribution in [0.1, 0.15) is 25.7 Å².